The number of hydrogen-bond acceptors (Lipinski definition) is 3. The van der Waals surface area contributed by atoms with Crippen LogP contribution in [-0.2, 0) is 12.4 Å². The van der Waals surface area contributed by atoms with Crippen molar-refractivity contribution in [3.63, 3.8) is 0 Å². The molecule has 2 heterocycles. The minimum absolute atomic E-state index is 0.189. The summed E-state index contributed by atoms with van der Waals surface area (Å²) in [5.74, 6) is 0. The maximum absolute atomic E-state index is 15.1. The first-order chi connectivity index (χ1) is 30.9. The Morgan fingerprint density at radius 2 is 0.844 bits per heavy atom. The van der Waals surface area contributed by atoms with Crippen molar-refractivity contribution in [2.24, 2.45) is 0 Å². The Labute approximate surface area is 360 Å². The van der Waals surface area contributed by atoms with Crippen LogP contribution < -0.4 is 0 Å². The molecule has 10 rings (SSSR count). The smallest absolute Gasteiger partial charge is 0.308 e. The fourth-order valence-electron chi connectivity index (χ4n) is 9.07. The highest BCUT2D eigenvalue weighted by atomic mass is 19.4. The average molecular weight is 848 g/mol. The van der Waals surface area contributed by atoms with Crippen molar-refractivity contribution in [1.29, 1.82) is 15.8 Å². The largest absolute Gasteiger partial charge is 0.417 e. The molecule has 0 amide bonds. The number of fused-ring (bicyclic) bond motifs is 6. The molecule has 64 heavy (non-hydrogen) atoms. The zero-order valence-corrected chi connectivity index (χ0v) is 33.1. The second-order valence-electron chi connectivity index (χ2n) is 15.2. The number of benzene rings is 8. The summed E-state index contributed by atoms with van der Waals surface area (Å²) in [7, 11) is 0. The first kappa shape index (κ1) is 39.5. The van der Waals surface area contributed by atoms with Crippen molar-refractivity contribution in [3.8, 4) is 63.0 Å². The summed E-state index contributed by atoms with van der Waals surface area (Å²) in [5, 5.41) is 34.0. The van der Waals surface area contributed by atoms with Crippen LogP contribution in [-0.4, -0.2) is 9.13 Å². The lowest BCUT2D eigenvalue weighted by atomic mass is 9.90. The van der Waals surface area contributed by atoms with E-state index in [1.165, 1.54) is 12.1 Å². The molecule has 0 aliphatic rings. The lowest BCUT2D eigenvalue weighted by Crippen LogP contribution is -2.16. The molecule has 0 radical (unpaired) electrons. The molecule has 0 saturated heterocycles. The van der Waals surface area contributed by atoms with E-state index in [-0.39, 0.29) is 16.9 Å². The second kappa shape index (κ2) is 14.8. The van der Waals surface area contributed by atoms with Gasteiger partial charge in [-0.05, 0) is 89.0 Å². The van der Waals surface area contributed by atoms with Gasteiger partial charge < -0.3 is 9.13 Å². The summed E-state index contributed by atoms with van der Waals surface area (Å²) in [6, 6.07) is 50.7. The zero-order valence-electron chi connectivity index (χ0n) is 33.1. The number of para-hydroxylation sites is 2. The van der Waals surface area contributed by atoms with Gasteiger partial charge >= 0.3 is 12.4 Å². The SMILES string of the molecule is N#Cc1ccccc1-c1ccc2c(c1)c1ccccc1n2-c1ccc(-c2c(C(F)(F)F)cccc2C(F)(F)F)c(-n2c3ccccc3c3cc(-c4ccccc4C#N)ccc32)c1C#N. The highest BCUT2D eigenvalue weighted by Gasteiger charge is 2.42. The highest BCUT2D eigenvalue weighted by Crippen LogP contribution is 2.49. The van der Waals surface area contributed by atoms with Gasteiger partial charge in [-0.15, -0.1) is 0 Å². The van der Waals surface area contributed by atoms with E-state index >= 15 is 26.3 Å². The van der Waals surface area contributed by atoms with E-state index in [0.29, 0.717) is 72.8 Å². The summed E-state index contributed by atoms with van der Waals surface area (Å²) in [4.78, 5) is 0. The molecule has 306 valence electrons. The zero-order chi connectivity index (χ0) is 44.5. The minimum Gasteiger partial charge on any atom is -0.308 e. The van der Waals surface area contributed by atoms with Gasteiger partial charge in [-0.3, -0.25) is 0 Å². The van der Waals surface area contributed by atoms with Crippen LogP contribution in [0, 0.1) is 34.0 Å². The van der Waals surface area contributed by atoms with Gasteiger partial charge in [0, 0.05) is 32.7 Å². The van der Waals surface area contributed by atoms with Gasteiger partial charge in [0.2, 0.25) is 0 Å². The minimum atomic E-state index is -5.22. The van der Waals surface area contributed by atoms with Crippen LogP contribution in [0.4, 0.5) is 26.3 Å². The van der Waals surface area contributed by atoms with Crippen molar-refractivity contribution in [1.82, 2.24) is 9.13 Å². The van der Waals surface area contributed by atoms with Crippen LogP contribution in [0.25, 0.3) is 88.4 Å². The normalized spacial score (nSPS) is 11.9. The van der Waals surface area contributed by atoms with E-state index in [1.807, 2.05) is 54.6 Å². The van der Waals surface area contributed by atoms with Crippen molar-refractivity contribution in [2.45, 2.75) is 12.4 Å². The third kappa shape index (κ3) is 6.15. The van der Waals surface area contributed by atoms with Crippen LogP contribution in [0.1, 0.15) is 27.8 Å². The molecular formula is C53H27F6N5. The monoisotopic (exact) mass is 847 g/mol. The molecule has 0 N–H and O–H groups in total. The Hall–Kier alpha value is -8.59. The van der Waals surface area contributed by atoms with E-state index in [2.05, 4.69) is 18.2 Å². The Morgan fingerprint density at radius 3 is 1.34 bits per heavy atom. The fourth-order valence-corrected chi connectivity index (χ4v) is 9.07. The molecule has 2 aromatic heterocycles. The van der Waals surface area contributed by atoms with E-state index < -0.39 is 34.6 Å². The molecule has 0 aliphatic carbocycles. The number of hydrogen-bond donors (Lipinski definition) is 0. The molecule has 11 heteroatoms. The van der Waals surface area contributed by atoms with E-state index in [0.717, 1.165) is 22.4 Å². The number of nitriles is 3. The molecule has 0 spiro atoms. The molecule has 0 bridgehead atoms. The van der Waals surface area contributed by atoms with E-state index in [4.69, 9.17) is 0 Å². The van der Waals surface area contributed by atoms with Crippen molar-refractivity contribution < 1.29 is 26.3 Å². The van der Waals surface area contributed by atoms with Crippen LogP contribution >= 0.6 is 0 Å². The van der Waals surface area contributed by atoms with Gasteiger partial charge in [0.25, 0.3) is 0 Å². The molecular weight excluding hydrogens is 821 g/mol. The quantitative estimate of drug-likeness (QED) is 0.162. The van der Waals surface area contributed by atoms with Crippen LogP contribution in [0.2, 0.25) is 0 Å². The van der Waals surface area contributed by atoms with Crippen molar-refractivity contribution in [2.75, 3.05) is 0 Å². The third-order valence-electron chi connectivity index (χ3n) is 11.7. The summed E-state index contributed by atoms with van der Waals surface area (Å²) in [6.07, 6.45) is -10.4. The molecule has 0 fully saturated rings. The Morgan fingerprint density at radius 1 is 0.391 bits per heavy atom. The lowest BCUT2D eigenvalue weighted by molar-refractivity contribution is -0.142. The number of halogens is 6. The predicted octanol–water partition coefficient (Wildman–Crippen LogP) is 14.5. The van der Waals surface area contributed by atoms with Crippen molar-refractivity contribution in [3.05, 3.63) is 192 Å². The number of alkyl halides is 6. The van der Waals surface area contributed by atoms with Gasteiger partial charge in [0.1, 0.15) is 11.6 Å². The Balaban J connectivity index is 1.36. The Bertz CT molecular complexity index is 3670. The van der Waals surface area contributed by atoms with Crippen molar-refractivity contribution >= 4 is 43.6 Å². The number of rotatable bonds is 5. The molecule has 0 saturated carbocycles. The van der Waals surface area contributed by atoms with E-state index in [1.54, 1.807) is 88.0 Å². The average Bonchev–Trinajstić information content (AvgIpc) is 3.82. The molecule has 0 atom stereocenters. The second-order valence-corrected chi connectivity index (χ2v) is 15.2. The topological polar surface area (TPSA) is 81.2 Å². The van der Waals surface area contributed by atoms with Crippen LogP contribution in [0.3, 0.4) is 0 Å². The maximum Gasteiger partial charge on any atom is 0.417 e. The van der Waals surface area contributed by atoms with Gasteiger partial charge in [0.15, 0.2) is 0 Å². The first-order valence-electron chi connectivity index (χ1n) is 19.8. The van der Waals surface area contributed by atoms with Crippen LogP contribution in [0.5, 0.6) is 0 Å². The summed E-state index contributed by atoms with van der Waals surface area (Å²) in [5.41, 5.74) is 0.851. The fraction of sp³-hybridized carbons (Fsp3) is 0.0377. The summed E-state index contributed by atoms with van der Waals surface area (Å²) in [6.45, 7) is 0. The number of aromatic nitrogens is 2. The maximum atomic E-state index is 15.1. The van der Waals surface area contributed by atoms with Gasteiger partial charge in [0.05, 0.1) is 67.8 Å². The van der Waals surface area contributed by atoms with Gasteiger partial charge in [-0.2, -0.15) is 42.1 Å². The molecule has 5 nitrogen and oxygen atoms in total. The number of nitrogens with zero attached hydrogens (tertiary/aromatic N) is 5. The third-order valence-corrected chi connectivity index (χ3v) is 11.7. The van der Waals surface area contributed by atoms with Gasteiger partial charge in [-0.1, -0.05) is 97.1 Å². The molecule has 0 aliphatic heterocycles. The summed E-state index contributed by atoms with van der Waals surface area (Å²) < 4.78 is 94.0. The van der Waals surface area contributed by atoms with Gasteiger partial charge in [-0.25, -0.2) is 0 Å². The van der Waals surface area contributed by atoms with E-state index in [9.17, 15) is 15.8 Å². The van der Waals surface area contributed by atoms with Crippen LogP contribution in [0.15, 0.2) is 164 Å². The Kier molecular flexibility index (Phi) is 9.14. The molecule has 0 unspecified atom stereocenters. The molecule has 8 aromatic carbocycles. The first-order valence-corrected chi connectivity index (χ1v) is 19.8. The highest BCUT2D eigenvalue weighted by molar-refractivity contribution is 6.13. The lowest BCUT2D eigenvalue weighted by Gasteiger charge is -2.24. The predicted molar refractivity (Wildman–Crippen MR) is 236 cm³/mol. The standard InChI is InChI=1S/C53H27F6N5/c54-52(55,56)43-16-9-17-44(53(57,58)59)50(43)39-22-25-49(63-45-18-7-5-14-37(45)40-26-31(20-23-47(40)63)35-12-3-1-10-33(35)28-60)42(30-62)51(39)64-46-19-8-6-15-38(46)41-27-32(21-24-48(41)64)36-13-4-2-11-34(36)29-61/h1-27H. The summed E-state index contributed by atoms with van der Waals surface area (Å²) >= 11 is 0. The molecule has 10 aromatic rings.